The van der Waals surface area contributed by atoms with Crippen molar-refractivity contribution in [2.75, 3.05) is 32.7 Å². The molecule has 2 fully saturated rings. The Morgan fingerprint density at radius 3 is 2.19 bits per heavy atom. The summed E-state index contributed by atoms with van der Waals surface area (Å²) in [6, 6.07) is 28.3. The van der Waals surface area contributed by atoms with Gasteiger partial charge in [-0.1, -0.05) is 61.0 Å². The molecule has 0 radical (unpaired) electrons. The van der Waals surface area contributed by atoms with Gasteiger partial charge in [0, 0.05) is 49.1 Å². The molecule has 0 atom stereocenters. The van der Waals surface area contributed by atoms with E-state index in [1.807, 2.05) is 52.3 Å². The SMILES string of the molecule is O=C(CCCc1cccs1)N(CCc1ccc(O)cc1)Cc1cccc(-c2ccccc2C(=O)N2CCC(N3CCCCC3)CC2)c1.O=C(O)C(F)(F)F. The highest BCUT2D eigenvalue weighted by Crippen LogP contribution is 2.29. The quantitative estimate of drug-likeness (QED) is 0.150. The molecular weight excluding hydrogens is 716 g/mol. The number of alkyl halides is 3. The van der Waals surface area contributed by atoms with Crippen molar-refractivity contribution < 1.29 is 37.8 Å². The summed E-state index contributed by atoms with van der Waals surface area (Å²) in [5.41, 5.74) is 4.81. The molecule has 2 amide bonds. The molecule has 4 aromatic rings. The summed E-state index contributed by atoms with van der Waals surface area (Å²) in [6.45, 7) is 5.11. The molecule has 0 spiro atoms. The number of phenolic OH excluding ortho intramolecular Hbond substituents is 1. The first-order valence-corrected chi connectivity index (χ1v) is 19.5. The minimum Gasteiger partial charge on any atom is -0.508 e. The lowest BCUT2D eigenvalue weighted by atomic mass is 9.95. The third-order valence-electron chi connectivity index (χ3n) is 10.0. The third-order valence-corrected chi connectivity index (χ3v) is 11.0. The second-order valence-corrected chi connectivity index (χ2v) is 14.9. The molecule has 288 valence electrons. The molecule has 54 heavy (non-hydrogen) atoms. The van der Waals surface area contributed by atoms with E-state index in [4.69, 9.17) is 9.90 Å². The van der Waals surface area contributed by atoms with Crippen LogP contribution in [-0.4, -0.2) is 87.6 Å². The van der Waals surface area contributed by atoms with Crippen LogP contribution in [0.4, 0.5) is 13.2 Å². The number of phenols is 1. The van der Waals surface area contributed by atoms with Crippen molar-refractivity contribution >= 4 is 29.1 Å². The second-order valence-electron chi connectivity index (χ2n) is 13.8. The fourth-order valence-electron chi connectivity index (χ4n) is 7.11. The predicted octanol–water partition coefficient (Wildman–Crippen LogP) is 8.44. The number of amides is 2. The van der Waals surface area contributed by atoms with E-state index in [1.54, 1.807) is 23.5 Å². The third kappa shape index (κ3) is 11.9. The molecule has 0 aliphatic carbocycles. The lowest BCUT2D eigenvalue weighted by molar-refractivity contribution is -0.192. The van der Waals surface area contributed by atoms with Crippen LogP contribution in [0, 0.1) is 0 Å². The summed E-state index contributed by atoms with van der Waals surface area (Å²) in [7, 11) is 0. The van der Waals surface area contributed by atoms with Crippen LogP contribution in [-0.2, 0) is 29.0 Å². The van der Waals surface area contributed by atoms with Gasteiger partial charge in [0.15, 0.2) is 0 Å². The van der Waals surface area contributed by atoms with Gasteiger partial charge in [-0.25, -0.2) is 4.79 Å². The number of carboxylic acid groups (broad SMARTS) is 1. The summed E-state index contributed by atoms with van der Waals surface area (Å²) in [5.74, 6) is -2.26. The number of hydrogen-bond donors (Lipinski definition) is 2. The number of thiophene rings is 1. The number of carbonyl (C=O) groups is 3. The van der Waals surface area contributed by atoms with Crippen LogP contribution in [0.15, 0.2) is 90.3 Å². The lowest BCUT2D eigenvalue weighted by Gasteiger charge is -2.40. The molecule has 2 N–H and O–H groups in total. The van der Waals surface area contributed by atoms with E-state index in [0.29, 0.717) is 32.0 Å². The summed E-state index contributed by atoms with van der Waals surface area (Å²) >= 11 is 1.74. The zero-order chi connectivity index (χ0) is 38.5. The fraction of sp³-hybridized carbons (Fsp3) is 0.405. The number of nitrogens with zero attached hydrogens (tertiary/aromatic N) is 3. The van der Waals surface area contributed by atoms with Crippen molar-refractivity contribution in [1.29, 1.82) is 0 Å². The van der Waals surface area contributed by atoms with E-state index in [9.17, 15) is 27.9 Å². The van der Waals surface area contributed by atoms with Crippen LogP contribution in [0.3, 0.4) is 0 Å². The van der Waals surface area contributed by atoms with Gasteiger partial charge in [-0.2, -0.15) is 13.2 Å². The van der Waals surface area contributed by atoms with Crippen molar-refractivity contribution in [2.24, 2.45) is 0 Å². The van der Waals surface area contributed by atoms with Crippen LogP contribution in [0.1, 0.15) is 71.3 Å². The van der Waals surface area contributed by atoms with E-state index in [2.05, 4.69) is 40.6 Å². The van der Waals surface area contributed by atoms with Crippen LogP contribution >= 0.6 is 11.3 Å². The summed E-state index contributed by atoms with van der Waals surface area (Å²) in [5, 5.41) is 18.9. The van der Waals surface area contributed by atoms with Crippen molar-refractivity contribution in [3.8, 4) is 16.9 Å². The average Bonchev–Trinajstić information content (AvgIpc) is 3.71. The number of aromatic hydroxyl groups is 1. The number of likely N-dealkylation sites (tertiary alicyclic amines) is 2. The largest absolute Gasteiger partial charge is 0.508 e. The number of hydrogen-bond acceptors (Lipinski definition) is 6. The van der Waals surface area contributed by atoms with Crippen molar-refractivity contribution in [1.82, 2.24) is 14.7 Å². The van der Waals surface area contributed by atoms with Crippen molar-refractivity contribution in [3.63, 3.8) is 0 Å². The number of carbonyl (C=O) groups excluding carboxylic acids is 2. The molecule has 0 unspecified atom stereocenters. The van der Waals surface area contributed by atoms with Crippen molar-refractivity contribution in [2.45, 2.75) is 76.6 Å². The first-order chi connectivity index (χ1) is 26.0. The number of benzene rings is 3. The summed E-state index contributed by atoms with van der Waals surface area (Å²) in [4.78, 5) is 44.3. The molecule has 8 nitrogen and oxygen atoms in total. The summed E-state index contributed by atoms with van der Waals surface area (Å²) in [6.07, 6.45) is 3.88. The molecule has 6 rings (SSSR count). The van der Waals surface area contributed by atoms with Gasteiger partial charge in [0.05, 0.1) is 0 Å². The van der Waals surface area contributed by atoms with Gasteiger partial charge in [-0.05, 0) is 116 Å². The maximum Gasteiger partial charge on any atom is 0.490 e. The minimum atomic E-state index is -5.08. The van der Waals surface area contributed by atoms with E-state index in [0.717, 1.165) is 66.6 Å². The number of aryl methyl sites for hydroxylation is 1. The van der Waals surface area contributed by atoms with Gasteiger partial charge >= 0.3 is 12.1 Å². The first-order valence-electron chi connectivity index (χ1n) is 18.6. The number of aliphatic carboxylic acids is 1. The topological polar surface area (TPSA) is 101 Å². The van der Waals surface area contributed by atoms with Gasteiger partial charge in [-0.3, -0.25) is 9.59 Å². The zero-order valence-electron chi connectivity index (χ0n) is 30.3. The molecule has 2 saturated heterocycles. The normalized spacial score (nSPS) is 15.3. The van der Waals surface area contributed by atoms with Gasteiger partial charge in [-0.15, -0.1) is 11.3 Å². The van der Waals surface area contributed by atoms with E-state index < -0.39 is 12.1 Å². The Bertz CT molecular complexity index is 1800. The van der Waals surface area contributed by atoms with Crippen LogP contribution in [0.5, 0.6) is 5.75 Å². The lowest BCUT2D eigenvalue weighted by Crippen LogP contribution is -2.48. The summed E-state index contributed by atoms with van der Waals surface area (Å²) < 4.78 is 31.7. The number of carboxylic acids is 1. The molecular formula is C42H48F3N3O5S. The van der Waals surface area contributed by atoms with Gasteiger partial charge < -0.3 is 24.9 Å². The van der Waals surface area contributed by atoms with Gasteiger partial charge in [0.25, 0.3) is 5.91 Å². The maximum absolute atomic E-state index is 13.9. The average molecular weight is 764 g/mol. The van der Waals surface area contributed by atoms with E-state index in [-0.39, 0.29) is 17.6 Å². The molecule has 2 aliphatic heterocycles. The second kappa shape index (κ2) is 19.6. The molecule has 12 heteroatoms. The standard InChI is InChI=1S/C40H47N3O3S.C2HF3O2/c44-35-18-16-31(17-19-35)20-25-43(39(45)15-7-11-36-12-8-28-47-36)30-32-9-6-10-33(29-32)37-13-2-3-14-38(37)40(46)42-26-21-34(22-27-42)41-23-4-1-5-24-41;3-2(4,5)1(6)7/h2-3,6,8-10,12-14,16-19,28-29,34,44H,1,4-5,7,11,15,20-27,30H2;(H,6,7). The number of halogens is 3. The smallest absolute Gasteiger partial charge is 0.490 e. The maximum atomic E-state index is 13.9. The Hall–Kier alpha value is -4.68. The molecule has 2 aliphatic rings. The molecule has 3 heterocycles. The molecule has 0 bridgehead atoms. The van der Waals surface area contributed by atoms with E-state index in [1.165, 1.54) is 37.2 Å². The van der Waals surface area contributed by atoms with Crippen LogP contribution < -0.4 is 0 Å². The van der Waals surface area contributed by atoms with Gasteiger partial charge in [0.2, 0.25) is 5.91 Å². The molecule has 3 aromatic carbocycles. The Morgan fingerprint density at radius 2 is 1.52 bits per heavy atom. The zero-order valence-corrected chi connectivity index (χ0v) is 31.2. The van der Waals surface area contributed by atoms with Crippen molar-refractivity contribution in [3.05, 3.63) is 112 Å². The Balaban J connectivity index is 0.000000730. The number of rotatable bonds is 12. The highest BCUT2D eigenvalue weighted by molar-refractivity contribution is 7.09. The molecule has 1 aromatic heterocycles. The highest BCUT2D eigenvalue weighted by atomic mass is 32.1. The first kappa shape index (κ1) is 40.5. The Kier molecular flexibility index (Phi) is 14.7. The van der Waals surface area contributed by atoms with Gasteiger partial charge in [0.1, 0.15) is 5.75 Å². The number of piperidine rings is 2. The van der Waals surface area contributed by atoms with Crippen LogP contribution in [0.25, 0.3) is 11.1 Å². The fourth-order valence-corrected chi connectivity index (χ4v) is 7.86. The Labute approximate surface area is 318 Å². The minimum absolute atomic E-state index is 0.111. The predicted molar refractivity (Wildman–Crippen MR) is 204 cm³/mol. The van der Waals surface area contributed by atoms with E-state index >= 15 is 0 Å². The molecule has 0 saturated carbocycles. The Morgan fingerprint density at radius 1 is 0.815 bits per heavy atom. The monoisotopic (exact) mass is 763 g/mol. The highest BCUT2D eigenvalue weighted by Gasteiger charge is 2.38. The van der Waals surface area contributed by atoms with Crippen LogP contribution in [0.2, 0.25) is 0 Å².